The number of benzene rings is 2. The number of alkyl halides is 4. The Morgan fingerprint density at radius 3 is 2.32 bits per heavy atom. The number of nitrogens with zero attached hydrogens (tertiary/aromatic N) is 1. The predicted octanol–water partition coefficient (Wildman–Crippen LogP) is 7.23. The number of aryl methyl sites for hydroxylation is 1. The van der Waals surface area contributed by atoms with E-state index >= 15 is 0 Å². The Labute approximate surface area is 238 Å². The van der Waals surface area contributed by atoms with E-state index < -0.39 is 29.1 Å². The van der Waals surface area contributed by atoms with Gasteiger partial charge in [0.25, 0.3) is 0 Å². The zero-order valence-corrected chi connectivity index (χ0v) is 23.4. The van der Waals surface area contributed by atoms with E-state index in [9.17, 15) is 32.3 Å². The van der Waals surface area contributed by atoms with E-state index in [2.05, 4.69) is 24.3 Å². The van der Waals surface area contributed by atoms with Crippen LogP contribution in [0, 0.1) is 11.8 Å². The van der Waals surface area contributed by atoms with Crippen LogP contribution in [0.5, 0.6) is 0 Å². The van der Waals surface area contributed by atoms with E-state index in [4.69, 9.17) is 0 Å². The van der Waals surface area contributed by atoms with E-state index in [-0.39, 0.29) is 23.4 Å². The molecule has 4 aliphatic rings. The highest BCUT2D eigenvalue weighted by atomic mass is 19.4. The minimum absolute atomic E-state index is 0.0703. The highest BCUT2D eigenvalue weighted by molar-refractivity contribution is 5.80. The summed E-state index contributed by atoms with van der Waals surface area (Å²) in [4.78, 5) is 27.3. The van der Waals surface area contributed by atoms with Crippen molar-refractivity contribution in [2.45, 2.75) is 100 Å². The standard InChI is InChI=1S/C33H37F4NO3/c1-31(34,33(35,36)37)26-12-13-27-25(18-26)11-14-28-32(27,19-20-3-2-4-24(17-20)21-5-6-21)15-16-38(28)29(39)22-7-9-23(10-8-22)30(40)41/h2-4,12-13,17-18,21-23,28H,5-11,14-16,19H2,1H3,(H,40,41)/t22-,23-,28?,31?,32?. The second-order valence-electron chi connectivity index (χ2n) is 12.9. The van der Waals surface area contributed by atoms with Crippen molar-refractivity contribution in [3.05, 3.63) is 70.3 Å². The van der Waals surface area contributed by atoms with Gasteiger partial charge in [0.15, 0.2) is 0 Å². The number of aliphatic carboxylic acids is 1. The predicted molar refractivity (Wildman–Crippen MR) is 146 cm³/mol. The number of hydrogen-bond donors (Lipinski definition) is 1. The highest BCUT2D eigenvalue weighted by Crippen LogP contribution is 2.52. The molecule has 3 unspecified atom stereocenters. The molecule has 0 bridgehead atoms. The van der Waals surface area contributed by atoms with Crippen molar-refractivity contribution >= 4 is 11.9 Å². The fourth-order valence-electron chi connectivity index (χ4n) is 7.85. The Hall–Kier alpha value is -2.90. The molecule has 41 heavy (non-hydrogen) atoms. The monoisotopic (exact) mass is 571 g/mol. The van der Waals surface area contributed by atoms with Crippen molar-refractivity contribution in [1.29, 1.82) is 0 Å². The summed E-state index contributed by atoms with van der Waals surface area (Å²) in [5, 5.41) is 9.39. The molecule has 220 valence electrons. The molecule has 0 aromatic heterocycles. The lowest BCUT2D eigenvalue weighted by Gasteiger charge is -2.45. The fourth-order valence-corrected chi connectivity index (χ4v) is 7.85. The van der Waals surface area contributed by atoms with Gasteiger partial charge in [-0.15, -0.1) is 0 Å². The van der Waals surface area contributed by atoms with E-state index in [1.165, 1.54) is 30.5 Å². The Balaban J connectivity index is 1.35. The van der Waals surface area contributed by atoms with E-state index in [1.807, 2.05) is 4.90 Å². The molecule has 0 spiro atoms. The smallest absolute Gasteiger partial charge is 0.426 e. The van der Waals surface area contributed by atoms with E-state index in [1.54, 1.807) is 6.07 Å². The Morgan fingerprint density at radius 2 is 1.66 bits per heavy atom. The summed E-state index contributed by atoms with van der Waals surface area (Å²) >= 11 is 0. The molecule has 1 aliphatic heterocycles. The third kappa shape index (κ3) is 4.95. The van der Waals surface area contributed by atoms with Gasteiger partial charge in [0.2, 0.25) is 11.6 Å². The number of amides is 1. The lowest BCUT2D eigenvalue weighted by atomic mass is 9.63. The summed E-state index contributed by atoms with van der Waals surface area (Å²) in [6.07, 6.45) is 1.86. The molecule has 2 aromatic rings. The summed E-state index contributed by atoms with van der Waals surface area (Å²) in [6.45, 7) is 1.13. The van der Waals surface area contributed by atoms with Crippen molar-refractivity contribution < 1.29 is 32.3 Å². The second kappa shape index (κ2) is 10.1. The molecule has 1 amide bonds. The van der Waals surface area contributed by atoms with Gasteiger partial charge in [0.05, 0.1) is 5.92 Å². The first-order chi connectivity index (χ1) is 19.4. The van der Waals surface area contributed by atoms with Crippen molar-refractivity contribution in [3.8, 4) is 0 Å². The van der Waals surface area contributed by atoms with Crippen LogP contribution >= 0.6 is 0 Å². The fraction of sp³-hybridized carbons (Fsp3) is 0.576. The lowest BCUT2D eigenvalue weighted by Crippen LogP contribution is -2.51. The van der Waals surface area contributed by atoms with Crippen molar-refractivity contribution in [1.82, 2.24) is 4.90 Å². The third-order valence-electron chi connectivity index (χ3n) is 10.4. The molecule has 3 atom stereocenters. The van der Waals surface area contributed by atoms with Crippen LogP contribution in [0.1, 0.15) is 92.0 Å². The molecule has 3 fully saturated rings. The van der Waals surface area contributed by atoms with Gasteiger partial charge < -0.3 is 10.0 Å². The minimum atomic E-state index is -5.02. The summed E-state index contributed by atoms with van der Waals surface area (Å²) in [6, 6.07) is 12.8. The quantitative estimate of drug-likeness (QED) is 0.372. The topological polar surface area (TPSA) is 57.6 Å². The molecular weight excluding hydrogens is 534 g/mol. The number of likely N-dealkylation sites (tertiary alicyclic amines) is 1. The maximum atomic E-state index is 15.0. The van der Waals surface area contributed by atoms with Gasteiger partial charge >= 0.3 is 12.1 Å². The van der Waals surface area contributed by atoms with Gasteiger partial charge in [0.1, 0.15) is 0 Å². The average Bonchev–Trinajstić information content (AvgIpc) is 3.73. The second-order valence-corrected chi connectivity index (χ2v) is 12.9. The van der Waals surface area contributed by atoms with Gasteiger partial charge in [-0.3, -0.25) is 9.59 Å². The molecule has 2 saturated carbocycles. The maximum absolute atomic E-state index is 15.0. The number of fused-ring (bicyclic) bond motifs is 3. The molecule has 8 heteroatoms. The minimum Gasteiger partial charge on any atom is -0.481 e. The third-order valence-corrected chi connectivity index (χ3v) is 10.4. The van der Waals surface area contributed by atoms with Gasteiger partial charge in [-0.05, 0) is 105 Å². The summed E-state index contributed by atoms with van der Waals surface area (Å²) in [5.41, 5.74) is -0.183. The molecule has 2 aromatic carbocycles. The molecule has 1 saturated heterocycles. The Bertz CT molecular complexity index is 1340. The first-order valence-corrected chi connectivity index (χ1v) is 14.9. The van der Waals surface area contributed by atoms with Gasteiger partial charge in [0, 0.05) is 23.9 Å². The zero-order chi connectivity index (χ0) is 29.2. The molecule has 1 N–H and O–H groups in total. The SMILES string of the molecule is CC(F)(c1ccc2c(c1)CCC1N(C(=O)[C@H]3CC[C@H](C(=O)O)CC3)CCC21Cc1cccc(C2CC2)c1)C(F)(F)F. The van der Waals surface area contributed by atoms with Crippen LogP contribution in [0.4, 0.5) is 17.6 Å². The van der Waals surface area contributed by atoms with Gasteiger partial charge in [-0.2, -0.15) is 13.2 Å². The number of carboxylic acids is 1. The lowest BCUT2D eigenvalue weighted by molar-refractivity contribution is -0.228. The van der Waals surface area contributed by atoms with Crippen LogP contribution in [0.2, 0.25) is 0 Å². The maximum Gasteiger partial charge on any atom is 0.426 e. The average molecular weight is 572 g/mol. The van der Waals surface area contributed by atoms with Crippen molar-refractivity contribution in [2.24, 2.45) is 11.8 Å². The van der Waals surface area contributed by atoms with Crippen molar-refractivity contribution in [2.75, 3.05) is 6.54 Å². The zero-order valence-electron chi connectivity index (χ0n) is 23.4. The highest BCUT2D eigenvalue weighted by Gasteiger charge is 2.56. The number of halogens is 4. The Morgan fingerprint density at radius 1 is 0.951 bits per heavy atom. The van der Waals surface area contributed by atoms with Gasteiger partial charge in [-0.25, -0.2) is 4.39 Å². The van der Waals surface area contributed by atoms with Crippen LogP contribution in [-0.4, -0.2) is 40.6 Å². The van der Waals surface area contributed by atoms with E-state index in [0.29, 0.717) is 70.8 Å². The summed E-state index contributed by atoms with van der Waals surface area (Å²) < 4.78 is 55.7. The largest absolute Gasteiger partial charge is 0.481 e. The molecule has 0 radical (unpaired) electrons. The number of hydrogen-bond acceptors (Lipinski definition) is 2. The molecule has 3 aliphatic carbocycles. The van der Waals surface area contributed by atoms with Crippen LogP contribution in [-0.2, 0) is 33.5 Å². The van der Waals surface area contributed by atoms with Gasteiger partial charge in [-0.1, -0.05) is 42.5 Å². The first kappa shape index (κ1) is 28.2. The summed E-state index contributed by atoms with van der Waals surface area (Å²) in [7, 11) is 0. The number of carbonyl (C=O) groups is 2. The van der Waals surface area contributed by atoms with Crippen LogP contribution in [0.15, 0.2) is 42.5 Å². The Kier molecular flexibility index (Phi) is 6.97. The summed E-state index contributed by atoms with van der Waals surface area (Å²) in [5.74, 6) is -0.758. The van der Waals surface area contributed by atoms with Crippen LogP contribution in [0.3, 0.4) is 0 Å². The molecular formula is C33H37F4NO3. The number of carboxylic acid groups (broad SMARTS) is 1. The molecule has 1 heterocycles. The number of carbonyl (C=O) groups excluding carboxylic acids is 1. The van der Waals surface area contributed by atoms with E-state index in [0.717, 1.165) is 16.7 Å². The molecule has 6 rings (SSSR count). The van der Waals surface area contributed by atoms with Crippen molar-refractivity contribution in [3.63, 3.8) is 0 Å². The normalized spacial score (nSPS) is 29.4. The van der Waals surface area contributed by atoms with Crippen LogP contribution in [0.25, 0.3) is 0 Å². The van der Waals surface area contributed by atoms with Crippen LogP contribution < -0.4 is 0 Å². The number of rotatable bonds is 6. The first-order valence-electron chi connectivity index (χ1n) is 14.9. The molecule has 4 nitrogen and oxygen atoms in total.